The van der Waals surface area contributed by atoms with Gasteiger partial charge in [-0.25, -0.2) is 0 Å². The molecule has 71 heavy (non-hydrogen) atoms. The van der Waals surface area contributed by atoms with Crippen LogP contribution in [0.15, 0.2) is 108 Å². The van der Waals surface area contributed by atoms with Crippen molar-refractivity contribution in [3.63, 3.8) is 0 Å². The van der Waals surface area contributed by atoms with E-state index in [9.17, 15) is 19.8 Å². The summed E-state index contributed by atoms with van der Waals surface area (Å²) in [5.74, 6) is -9.54. The average Bonchev–Trinajstić information content (AvgIpc) is 3.33. The lowest BCUT2D eigenvalue weighted by Gasteiger charge is -2.41. The zero-order chi connectivity index (χ0) is 53.1. The van der Waals surface area contributed by atoms with Gasteiger partial charge in [0.25, 0.3) is 0 Å². The second-order valence-corrected chi connectivity index (χ2v) is 18.5. The summed E-state index contributed by atoms with van der Waals surface area (Å²) in [6, 6.07) is 6.25. The number of hydrogen-bond acceptors (Lipinski definition) is 14. The van der Waals surface area contributed by atoms with Crippen molar-refractivity contribution in [1.82, 2.24) is 0 Å². The van der Waals surface area contributed by atoms with Gasteiger partial charge in [-0.05, 0) is 127 Å². The van der Waals surface area contributed by atoms with E-state index in [0.29, 0.717) is 44.9 Å². The third-order valence-electron chi connectivity index (χ3n) is 13.2. The van der Waals surface area contributed by atoms with Crippen molar-refractivity contribution in [1.29, 1.82) is 0 Å². The molecule has 14 heteroatoms. The number of hydrogen-bond donors (Lipinski definition) is 2. The second-order valence-electron chi connectivity index (χ2n) is 18.5. The molecule has 0 bridgehead atoms. The summed E-state index contributed by atoms with van der Waals surface area (Å²) in [6.07, 6.45) is 4.50. The van der Waals surface area contributed by atoms with Gasteiger partial charge < -0.3 is 38.6 Å². The maximum atomic E-state index is 15.0. The first-order valence-electron chi connectivity index (χ1n) is 23.2. The maximum Gasteiger partial charge on any atom is 0.203 e. The molecule has 0 aliphatic heterocycles. The third kappa shape index (κ3) is 12.0. The molecule has 2 aromatic rings. The summed E-state index contributed by atoms with van der Waals surface area (Å²) in [4.78, 5) is 89.2. The Morgan fingerprint density at radius 3 is 1.00 bits per heavy atom. The van der Waals surface area contributed by atoms with Crippen LogP contribution in [-0.2, 0) is 28.8 Å². The Labute approximate surface area is 417 Å². The quantitative estimate of drug-likeness (QED) is 0.0513. The smallest absolute Gasteiger partial charge is 0.203 e. The number of carbonyl (C=O) groups excluding carboxylic acids is 6. The summed E-state index contributed by atoms with van der Waals surface area (Å²) < 4.78 is 32.7. The van der Waals surface area contributed by atoms with Crippen molar-refractivity contribution in [3.05, 3.63) is 119 Å². The number of allylic oxidation sites excluding steroid dienone is 10. The highest BCUT2D eigenvalue weighted by Gasteiger charge is 2.58. The van der Waals surface area contributed by atoms with Crippen LogP contribution in [-0.4, -0.2) is 87.6 Å². The molecular weight excluding hydrogens is 909 g/mol. The standard InChI is InChI=1S/C57H68O14/c1-32(2)19-23-56(24-20-33(3)4)52(62)38(48(60)46(54(56)64)40(58)17-15-36-27-42(66-9)50(70-13)43(28-36)67-10)31-39-49(61)47(55(65)57(53(39)63,25-21-34(5)6)26-22-35(7)8)41(59)18-16-37-29-44(68-11)51(71-14)45(30-37)69-12/h15-18,27-30,46-47,62-63H,1,3,5,7,19-26,31H2,2,4,6,8-14H3. The zero-order valence-electron chi connectivity index (χ0n) is 42.8. The second kappa shape index (κ2) is 24.1. The molecule has 0 amide bonds. The van der Waals surface area contributed by atoms with Crippen LogP contribution in [0.1, 0.15) is 96.6 Å². The fourth-order valence-corrected chi connectivity index (χ4v) is 9.09. The summed E-state index contributed by atoms with van der Waals surface area (Å²) in [5.41, 5.74) is -1.38. The Morgan fingerprint density at radius 1 is 0.507 bits per heavy atom. The molecule has 2 unspecified atom stereocenters. The molecule has 380 valence electrons. The van der Waals surface area contributed by atoms with Gasteiger partial charge in [0.05, 0.1) is 53.5 Å². The van der Waals surface area contributed by atoms with E-state index >= 15 is 19.2 Å². The van der Waals surface area contributed by atoms with Crippen LogP contribution in [0.3, 0.4) is 0 Å². The van der Waals surface area contributed by atoms with E-state index < -0.39 is 86.5 Å². The first-order valence-corrected chi connectivity index (χ1v) is 23.2. The predicted molar refractivity (Wildman–Crippen MR) is 272 cm³/mol. The Hall–Kier alpha value is -7.22. The summed E-state index contributed by atoms with van der Waals surface area (Å²) >= 11 is 0. The minimum atomic E-state index is -2.02. The van der Waals surface area contributed by atoms with Gasteiger partial charge in [0.2, 0.25) is 11.5 Å². The largest absolute Gasteiger partial charge is 0.511 e. The molecule has 2 aromatic carbocycles. The molecule has 4 rings (SSSR count). The molecule has 14 nitrogen and oxygen atoms in total. The van der Waals surface area contributed by atoms with Crippen LogP contribution in [0.2, 0.25) is 0 Å². The van der Waals surface area contributed by atoms with Gasteiger partial charge in [-0.3, -0.25) is 28.8 Å². The number of aliphatic hydroxyl groups is 2. The van der Waals surface area contributed by atoms with Crippen LogP contribution < -0.4 is 28.4 Å². The topological polar surface area (TPSA) is 198 Å². The van der Waals surface area contributed by atoms with E-state index in [1.807, 2.05) is 0 Å². The lowest BCUT2D eigenvalue weighted by Crippen LogP contribution is -2.51. The lowest BCUT2D eigenvalue weighted by molar-refractivity contribution is -0.146. The van der Waals surface area contributed by atoms with Crippen molar-refractivity contribution in [2.45, 2.75) is 85.5 Å². The van der Waals surface area contributed by atoms with Gasteiger partial charge in [0.1, 0.15) is 23.4 Å². The number of aliphatic hydroxyl groups excluding tert-OH is 2. The van der Waals surface area contributed by atoms with Crippen LogP contribution >= 0.6 is 0 Å². The molecule has 0 radical (unpaired) electrons. The SMILES string of the molecule is C=C(C)CCC1(CCC(=C)C)C(=O)C(C(=O)C=Cc2cc(OC)c(OC)c(OC)c2)C(=O)C(CC2=C(O)C(CCC(=C)C)(CCC(=C)C)C(=O)C(C(=O)C=Cc3cc(OC)c(OC)c(OC)c3)C2=O)=C1O. The number of methoxy groups -OCH3 is 6. The number of ether oxygens (including phenoxy) is 6. The van der Waals surface area contributed by atoms with Crippen molar-refractivity contribution in [2.24, 2.45) is 22.7 Å². The van der Waals surface area contributed by atoms with Crippen LogP contribution in [0, 0.1) is 22.7 Å². The normalized spacial score (nSPS) is 17.7. The molecule has 0 heterocycles. The van der Waals surface area contributed by atoms with Crippen LogP contribution in [0.4, 0.5) is 0 Å². The third-order valence-corrected chi connectivity index (χ3v) is 13.2. The number of ketones is 6. The van der Waals surface area contributed by atoms with E-state index in [1.54, 1.807) is 52.0 Å². The average molecular weight is 977 g/mol. The molecule has 0 spiro atoms. The van der Waals surface area contributed by atoms with Crippen molar-refractivity contribution >= 4 is 46.9 Å². The Morgan fingerprint density at radius 2 is 0.775 bits per heavy atom. The minimum Gasteiger partial charge on any atom is -0.511 e. The summed E-state index contributed by atoms with van der Waals surface area (Å²) in [7, 11) is 8.54. The molecule has 0 saturated carbocycles. The first kappa shape index (κ1) is 56.4. The zero-order valence-corrected chi connectivity index (χ0v) is 42.8. The van der Waals surface area contributed by atoms with Crippen molar-refractivity contribution in [3.8, 4) is 34.5 Å². The number of rotatable bonds is 26. The van der Waals surface area contributed by atoms with E-state index in [1.165, 1.54) is 54.8 Å². The van der Waals surface area contributed by atoms with E-state index in [-0.39, 0.29) is 74.4 Å². The molecule has 2 N–H and O–H groups in total. The molecule has 0 fully saturated rings. The van der Waals surface area contributed by atoms with E-state index in [2.05, 4.69) is 26.3 Å². The number of benzene rings is 2. The van der Waals surface area contributed by atoms with Gasteiger partial charge in [-0.1, -0.05) is 34.4 Å². The Balaban J connectivity index is 2.02. The molecule has 2 aliphatic rings. The van der Waals surface area contributed by atoms with Gasteiger partial charge in [-0.15, -0.1) is 26.3 Å². The lowest BCUT2D eigenvalue weighted by atomic mass is 9.59. The van der Waals surface area contributed by atoms with E-state index in [0.717, 1.165) is 12.2 Å². The Kier molecular flexibility index (Phi) is 19.1. The van der Waals surface area contributed by atoms with Crippen LogP contribution in [0.25, 0.3) is 12.2 Å². The monoisotopic (exact) mass is 976 g/mol. The summed E-state index contributed by atoms with van der Waals surface area (Å²) in [5, 5.41) is 25.1. The highest BCUT2D eigenvalue weighted by atomic mass is 16.5. The highest BCUT2D eigenvalue weighted by Crippen LogP contribution is 2.52. The minimum absolute atomic E-state index is 0.0805. The molecular formula is C57H68O14. The molecule has 0 aromatic heterocycles. The first-order chi connectivity index (χ1) is 33.5. The highest BCUT2D eigenvalue weighted by molar-refractivity contribution is 6.33. The number of carbonyl (C=O) groups is 6. The van der Waals surface area contributed by atoms with Gasteiger partial charge >= 0.3 is 0 Å². The van der Waals surface area contributed by atoms with Crippen molar-refractivity contribution in [2.75, 3.05) is 42.7 Å². The summed E-state index contributed by atoms with van der Waals surface area (Å²) in [6.45, 7) is 22.9. The van der Waals surface area contributed by atoms with Crippen LogP contribution in [0.5, 0.6) is 34.5 Å². The molecule has 0 saturated heterocycles. The Bertz CT molecular complexity index is 2380. The van der Waals surface area contributed by atoms with Gasteiger partial charge in [0.15, 0.2) is 57.7 Å². The maximum absolute atomic E-state index is 15.0. The molecule has 2 aliphatic carbocycles. The number of Topliss-reactive ketones (excluding diaryl/α,β-unsaturated/α-hetero) is 4. The predicted octanol–water partition coefficient (Wildman–Crippen LogP) is 10.6. The van der Waals surface area contributed by atoms with Crippen molar-refractivity contribution < 1.29 is 67.4 Å². The van der Waals surface area contributed by atoms with E-state index in [4.69, 9.17) is 28.4 Å². The van der Waals surface area contributed by atoms with Gasteiger partial charge in [-0.2, -0.15) is 0 Å². The fraction of sp³-hybridized carbons (Fsp3) is 0.404. The fourth-order valence-electron chi connectivity index (χ4n) is 9.09. The molecule has 2 atom stereocenters. The van der Waals surface area contributed by atoms with Gasteiger partial charge in [0, 0.05) is 17.6 Å².